The second kappa shape index (κ2) is 10.2. The number of rotatable bonds is 6. The first-order chi connectivity index (χ1) is 11.6. The maximum absolute atomic E-state index is 11.7. The Morgan fingerprint density at radius 3 is 2.27 bits per heavy atom. The average molecular weight is 365 g/mol. The summed E-state index contributed by atoms with van der Waals surface area (Å²) in [6, 6.07) is 5.80. The minimum atomic E-state index is -1.15. The van der Waals surface area contributed by atoms with E-state index in [9.17, 15) is 19.5 Å². The van der Waals surface area contributed by atoms with Crippen LogP contribution < -0.4 is 10.7 Å². The van der Waals surface area contributed by atoms with Crippen molar-refractivity contribution in [2.75, 3.05) is 0 Å². The van der Waals surface area contributed by atoms with Gasteiger partial charge in [0.15, 0.2) is 0 Å². The van der Waals surface area contributed by atoms with E-state index in [0.29, 0.717) is 0 Å². The van der Waals surface area contributed by atoms with Crippen LogP contribution in [0, 0.1) is 0 Å². The molecule has 2 amide bonds. The Morgan fingerprint density at radius 2 is 1.81 bits per heavy atom. The van der Waals surface area contributed by atoms with E-state index >= 15 is 0 Å². The second-order valence-electron chi connectivity index (χ2n) is 6.41. The minimum Gasteiger partial charge on any atom is -0.480 e. The standard InChI is InChI=1S/C17H23N3O5.CH4/c1-11(21)20-18-10-13-7-5-12(6-8-13)9-14(15(22)23)19-16(24)25-17(2,3)4;/h5-8,10,14H,9H2,1-4H3,(H,19,24)(H,20,21)(H,22,23);1H4/b18-10+;. The summed E-state index contributed by atoms with van der Waals surface area (Å²) in [5.74, 6) is -1.42. The third-order valence-corrected chi connectivity index (χ3v) is 2.84. The highest BCUT2D eigenvalue weighted by atomic mass is 16.6. The van der Waals surface area contributed by atoms with Gasteiger partial charge in [0.1, 0.15) is 11.6 Å². The third-order valence-electron chi connectivity index (χ3n) is 2.84. The molecule has 1 aromatic carbocycles. The Hall–Kier alpha value is -2.90. The molecule has 26 heavy (non-hydrogen) atoms. The van der Waals surface area contributed by atoms with Crippen LogP contribution in [0.3, 0.4) is 0 Å². The molecule has 0 aliphatic carbocycles. The van der Waals surface area contributed by atoms with Crippen LogP contribution in [0.15, 0.2) is 29.4 Å². The average Bonchev–Trinajstić information content (AvgIpc) is 2.46. The molecular formula is C18H27N3O5. The quantitative estimate of drug-likeness (QED) is 0.528. The van der Waals surface area contributed by atoms with Crippen molar-refractivity contribution in [1.29, 1.82) is 0 Å². The topological polar surface area (TPSA) is 117 Å². The van der Waals surface area contributed by atoms with Gasteiger partial charge in [0.25, 0.3) is 0 Å². The van der Waals surface area contributed by atoms with Gasteiger partial charge in [-0.15, -0.1) is 0 Å². The number of carboxylic acids is 1. The summed E-state index contributed by atoms with van der Waals surface area (Å²) in [5, 5.41) is 15.4. The second-order valence-corrected chi connectivity index (χ2v) is 6.41. The number of carbonyl (C=O) groups is 3. The van der Waals surface area contributed by atoms with E-state index < -0.39 is 23.7 Å². The van der Waals surface area contributed by atoms with E-state index in [1.165, 1.54) is 13.1 Å². The van der Waals surface area contributed by atoms with E-state index in [2.05, 4.69) is 15.8 Å². The van der Waals surface area contributed by atoms with Gasteiger partial charge in [-0.2, -0.15) is 5.10 Å². The molecule has 8 heteroatoms. The highest BCUT2D eigenvalue weighted by Crippen LogP contribution is 2.09. The van der Waals surface area contributed by atoms with Gasteiger partial charge in [0.05, 0.1) is 6.21 Å². The molecule has 3 N–H and O–H groups in total. The molecular weight excluding hydrogens is 338 g/mol. The van der Waals surface area contributed by atoms with Gasteiger partial charge >= 0.3 is 12.1 Å². The van der Waals surface area contributed by atoms with Gasteiger partial charge in [-0.25, -0.2) is 15.0 Å². The fourth-order valence-electron chi connectivity index (χ4n) is 1.82. The number of nitrogens with zero attached hydrogens (tertiary/aromatic N) is 1. The Balaban J connectivity index is 0.00000625. The lowest BCUT2D eigenvalue weighted by Gasteiger charge is -2.22. The fourth-order valence-corrected chi connectivity index (χ4v) is 1.82. The summed E-state index contributed by atoms with van der Waals surface area (Å²) >= 11 is 0. The Morgan fingerprint density at radius 1 is 1.23 bits per heavy atom. The van der Waals surface area contributed by atoms with Gasteiger partial charge in [-0.3, -0.25) is 4.79 Å². The first kappa shape index (κ1) is 23.1. The number of hydrazone groups is 1. The van der Waals surface area contributed by atoms with Crippen LogP contribution in [-0.4, -0.2) is 40.9 Å². The summed E-state index contributed by atoms with van der Waals surface area (Å²) in [4.78, 5) is 33.8. The summed E-state index contributed by atoms with van der Waals surface area (Å²) in [7, 11) is 0. The van der Waals surface area contributed by atoms with Gasteiger partial charge in [0.2, 0.25) is 5.91 Å². The van der Waals surface area contributed by atoms with E-state index in [4.69, 9.17) is 4.74 Å². The molecule has 1 rings (SSSR count). The summed E-state index contributed by atoms with van der Waals surface area (Å²) in [6.07, 6.45) is 0.801. The number of amides is 2. The van der Waals surface area contributed by atoms with E-state index in [-0.39, 0.29) is 19.8 Å². The van der Waals surface area contributed by atoms with Gasteiger partial charge in [-0.1, -0.05) is 31.7 Å². The Bertz CT molecular complexity index is 648. The molecule has 1 atom stereocenters. The van der Waals surface area contributed by atoms with Crippen molar-refractivity contribution in [2.24, 2.45) is 5.10 Å². The van der Waals surface area contributed by atoms with Crippen molar-refractivity contribution in [3.8, 4) is 0 Å². The highest BCUT2D eigenvalue weighted by Gasteiger charge is 2.24. The predicted molar refractivity (Wildman–Crippen MR) is 99.1 cm³/mol. The van der Waals surface area contributed by atoms with Crippen LogP contribution in [0.1, 0.15) is 46.2 Å². The summed E-state index contributed by atoms with van der Waals surface area (Å²) in [6.45, 7) is 6.45. The largest absolute Gasteiger partial charge is 0.480 e. The summed E-state index contributed by atoms with van der Waals surface area (Å²) < 4.78 is 5.07. The molecule has 0 aliphatic rings. The summed E-state index contributed by atoms with van der Waals surface area (Å²) in [5.41, 5.74) is 3.04. The van der Waals surface area contributed by atoms with Gasteiger partial charge in [-0.05, 0) is 31.9 Å². The lowest BCUT2D eigenvalue weighted by atomic mass is 10.0. The number of carboxylic acid groups (broad SMARTS) is 1. The molecule has 0 spiro atoms. The highest BCUT2D eigenvalue weighted by molar-refractivity contribution is 5.82. The van der Waals surface area contributed by atoms with E-state index in [1.807, 2.05) is 0 Å². The number of aliphatic carboxylic acids is 1. The molecule has 0 fully saturated rings. The van der Waals surface area contributed by atoms with Crippen LogP contribution in [-0.2, 0) is 20.7 Å². The molecule has 0 aliphatic heterocycles. The zero-order valence-electron chi connectivity index (χ0n) is 14.7. The maximum atomic E-state index is 11.7. The van der Waals surface area contributed by atoms with E-state index in [0.717, 1.165) is 11.1 Å². The molecule has 1 aromatic rings. The predicted octanol–water partition coefficient (Wildman–Crippen LogP) is 2.31. The number of nitrogens with one attached hydrogen (secondary N) is 2. The third kappa shape index (κ3) is 9.41. The first-order valence-electron chi connectivity index (χ1n) is 7.68. The van der Waals surface area contributed by atoms with Crippen molar-refractivity contribution in [3.63, 3.8) is 0 Å². The van der Waals surface area contributed by atoms with Crippen LogP contribution in [0.25, 0.3) is 0 Å². The molecule has 1 unspecified atom stereocenters. The lowest BCUT2D eigenvalue weighted by Crippen LogP contribution is -2.44. The molecule has 0 heterocycles. The van der Waals surface area contributed by atoms with Crippen LogP contribution in [0.5, 0.6) is 0 Å². The van der Waals surface area contributed by atoms with Gasteiger partial charge < -0.3 is 15.2 Å². The van der Waals surface area contributed by atoms with Gasteiger partial charge in [0, 0.05) is 13.3 Å². The molecule has 0 radical (unpaired) electrons. The number of hydrogen-bond acceptors (Lipinski definition) is 5. The Labute approximate surface area is 153 Å². The number of hydrogen-bond donors (Lipinski definition) is 3. The van der Waals surface area contributed by atoms with Crippen molar-refractivity contribution in [1.82, 2.24) is 10.7 Å². The fraction of sp³-hybridized carbons (Fsp3) is 0.444. The maximum Gasteiger partial charge on any atom is 0.408 e. The SMILES string of the molecule is C.CC(=O)N/N=C/c1ccc(CC(NC(=O)OC(C)(C)C)C(=O)O)cc1. The van der Waals surface area contributed by atoms with Crippen molar-refractivity contribution >= 4 is 24.2 Å². The zero-order valence-corrected chi connectivity index (χ0v) is 14.7. The number of alkyl carbamates (subject to hydrolysis) is 1. The van der Waals surface area contributed by atoms with Crippen molar-refractivity contribution < 1.29 is 24.2 Å². The molecule has 0 saturated carbocycles. The Kier molecular flexibility index (Phi) is 9.04. The monoisotopic (exact) mass is 365 g/mol. The molecule has 144 valence electrons. The number of benzene rings is 1. The first-order valence-corrected chi connectivity index (χ1v) is 7.68. The van der Waals surface area contributed by atoms with Crippen LogP contribution in [0.2, 0.25) is 0 Å². The van der Waals surface area contributed by atoms with Crippen molar-refractivity contribution in [3.05, 3.63) is 35.4 Å². The zero-order chi connectivity index (χ0) is 19.0. The lowest BCUT2D eigenvalue weighted by molar-refractivity contribution is -0.139. The molecule has 0 saturated heterocycles. The molecule has 0 bridgehead atoms. The van der Waals surface area contributed by atoms with Crippen molar-refractivity contribution in [2.45, 2.75) is 53.2 Å². The smallest absolute Gasteiger partial charge is 0.408 e. The molecule has 0 aromatic heterocycles. The number of carbonyl (C=O) groups excluding carboxylic acids is 2. The number of ether oxygens (including phenoxy) is 1. The van der Waals surface area contributed by atoms with E-state index in [1.54, 1.807) is 45.0 Å². The normalized spacial score (nSPS) is 12.0. The minimum absolute atomic E-state index is 0. The van der Waals surface area contributed by atoms with Crippen LogP contribution >= 0.6 is 0 Å². The molecule has 8 nitrogen and oxygen atoms in total. The van der Waals surface area contributed by atoms with Crippen LogP contribution in [0.4, 0.5) is 4.79 Å².